The van der Waals surface area contributed by atoms with Crippen LogP contribution < -0.4 is 0 Å². The van der Waals surface area contributed by atoms with Gasteiger partial charge in [-0.3, -0.25) is 0 Å². The summed E-state index contributed by atoms with van der Waals surface area (Å²) >= 11 is 7.80. The van der Waals surface area contributed by atoms with E-state index < -0.39 is 11.9 Å². The molecule has 2 aromatic heterocycles. The molecular formula is C15H20ClN5O3S. The highest BCUT2D eigenvalue weighted by Crippen LogP contribution is 2.44. The highest BCUT2D eigenvalue weighted by Gasteiger charge is 2.55. The van der Waals surface area contributed by atoms with Crippen molar-refractivity contribution < 1.29 is 14.6 Å². The topological polar surface area (TPSA) is 95.2 Å². The standard InChI is InChI=1S/C15H20ClN5O3S/c1-4-5-25-14-17-12(16)9-13(18-14)21(20-19-9)7-6-8(22)11-10(7)23-15(2,3)24-11/h7-8,10-11,22H,4-6H2,1-3H3. The van der Waals surface area contributed by atoms with Crippen LogP contribution in [0.1, 0.15) is 39.7 Å². The summed E-state index contributed by atoms with van der Waals surface area (Å²) in [6.45, 7) is 5.78. The van der Waals surface area contributed by atoms with Gasteiger partial charge in [-0.15, -0.1) is 5.10 Å². The molecule has 4 atom stereocenters. The van der Waals surface area contributed by atoms with Gasteiger partial charge in [-0.1, -0.05) is 35.5 Å². The van der Waals surface area contributed by atoms with Gasteiger partial charge in [-0.2, -0.15) is 0 Å². The number of hydrogen-bond donors (Lipinski definition) is 1. The average Bonchev–Trinajstić information content (AvgIpc) is 3.18. The third kappa shape index (κ3) is 3.02. The number of hydrogen-bond acceptors (Lipinski definition) is 8. The number of aromatic nitrogens is 5. The molecule has 1 saturated carbocycles. The van der Waals surface area contributed by atoms with E-state index in [0.29, 0.717) is 22.7 Å². The van der Waals surface area contributed by atoms with Crippen molar-refractivity contribution in [2.24, 2.45) is 0 Å². The van der Waals surface area contributed by atoms with Gasteiger partial charge >= 0.3 is 0 Å². The SMILES string of the molecule is CCCSc1nc(Cl)c2nnn(C3CC(O)C4OC(C)(C)OC43)c2n1. The van der Waals surface area contributed by atoms with Gasteiger partial charge in [0.25, 0.3) is 0 Å². The molecule has 8 nitrogen and oxygen atoms in total. The lowest BCUT2D eigenvalue weighted by Gasteiger charge is -2.22. The predicted molar refractivity (Wildman–Crippen MR) is 92.6 cm³/mol. The number of halogens is 1. The zero-order chi connectivity index (χ0) is 17.8. The molecule has 3 heterocycles. The molecule has 0 radical (unpaired) electrons. The van der Waals surface area contributed by atoms with Crippen molar-refractivity contribution in [1.82, 2.24) is 25.0 Å². The Morgan fingerprint density at radius 2 is 2.08 bits per heavy atom. The van der Waals surface area contributed by atoms with Crippen LogP contribution in [0.25, 0.3) is 11.2 Å². The number of fused-ring (bicyclic) bond motifs is 2. The summed E-state index contributed by atoms with van der Waals surface area (Å²) in [4.78, 5) is 8.86. The largest absolute Gasteiger partial charge is 0.390 e. The molecule has 25 heavy (non-hydrogen) atoms. The molecule has 4 rings (SSSR count). The first kappa shape index (κ1) is 17.4. The van der Waals surface area contributed by atoms with E-state index in [0.717, 1.165) is 12.2 Å². The van der Waals surface area contributed by atoms with Gasteiger partial charge in [0.2, 0.25) is 0 Å². The Morgan fingerprint density at radius 3 is 2.84 bits per heavy atom. The van der Waals surface area contributed by atoms with E-state index in [2.05, 4.69) is 27.2 Å². The van der Waals surface area contributed by atoms with Gasteiger partial charge < -0.3 is 14.6 Å². The highest BCUT2D eigenvalue weighted by atomic mass is 35.5. The van der Waals surface area contributed by atoms with Gasteiger partial charge in [0.1, 0.15) is 12.2 Å². The van der Waals surface area contributed by atoms with Crippen LogP contribution in [0.5, 0.6) is 0 Å². The van der Waals surface area contributed by atoms with Gasteiger partial charge in [-0.05, 0) is 20.3 Å². The third-order valence-electron chi connectivity index (χ3n) is 4.42. The first-order valence-corrected chi connectivity index (χ1v) is 9.71. The molecule has 1 aliphatic carbocycles. The summed E-state index contributed by atoms with van der Waals surface area (Å²) in [5.41, 5.74) is 1.02. The van der Waals surface area contributed by atoms with Gasteiger partial charge in [0.05, 0.1) is 12.1 Å². The Kier molecular flexibility index (Phi) is 4.40. The Hall–Kier alpha value is -1.00. The molecule has 2 aliphatic rings. The molecule has 2 aromatic rings. The number of nitrogens with zero attached hydrogens (tertiary/aromatic N) is 5. The summed E-state index contributed by atoms with van der Waals surface area (Å²) < 4.78 is 13.5. The van der Waals surface area contributed by atoms with Gasteiger partial charge in [0.15, 0.2) is 27.3 Å². The maximum absolute atomic E-state index is 10.4. The monoisotopic (exact) mass is 385 g/mol. The smallest absolute Gasteiger partial charge is 0.191 e. The van der Waals surface area contributed by atoms with Crippen molar-refractivity contribution >= 4 is 34.5 Å². The molecule has 1 aliphatic heterocycles. The van der Waals surface area contributed by atoms with Crippen molar-refractivity contribution in [3.63, 3.8) is 0 Å². The molecule has 1 N–H and O–H groups in total. The van der Waals surface area contributed by atoms with Crippen LogP contribution in [0, 0.1) is 0 Å². The normalized spacial score (nSPS) is 30.9. The molecule has 0 amide bonds. The minimum Gasteiger partial charge on any atom is -0.390 e. The van der Waals surface area contributed by atoms with Crippen molar-refractivity contribution in [3.05, 3.63) is 5.15 Å². The van der Waals surface area contributed by atoms with Crippen LogP contribution in [0.15, 0.2) is 5.16 Å². The fourth-order valence-electron chi connectivity index (χ4n) is 3.43. The van der Waals surface area contributed by atoms with Crippen LogP contribution in [0.4, 0.5) is 0 Å². The third-order valence-corrected chi connectivity index (χ3v) is 5.73. The minimum atomic E-state index is -0.736. The molecule has 0 spiro atoms. The van der Waals surface area contributed by atoms with E-state index >= 15 is 0 Å². The summed E-state index contributed by atoms with van der Waals surface area (Å²) in [5.74, 6) is 0.168. The second kappa shape index (κ2) is 6.31. The van der Waals surface area contributed by atoms with Crippen LogP contribution in [0.2, 0.25) is 5.15 Å². The Balaban J connectivity index is 1.73. The van der Waals surface area contributed by atoms with Crippen molar-refractivity contribution in [2.45, 2.75) is 68.9 Å². The van der Waals surface area contributed by atoms with Crippen LogP contribution in [-0.4, -0.2) is 59.9 Å². The van der Waals surface area contributed by atoms with Crippen LogP contribution >= 0.6 is 23.4 Å². The van der Waals surface area contributed by atoms with E-state index in [1.165, 1.54) is 0 Å². The predicted octanol–water partition coefficient (Wildman–Crippen LogP) is 2.20. The Labute approximate surface area is 154 Å². The Bertz CT molecular complexity index is 801. The van der Waals surface area contributed by atoms with Gasteiger partial charge in [-0.25, -0.2) is 14.6 Å². The number of thioether (sulfide) groups is 1. The Morgan fingerprint density at radius 1 is 1.32 bits per heavy atom. The number of aliphatic hydroxyl groups is 1. The zero-order valence-corrected chi connectivity index (χ0v) is 15.8. The van der Waals surface area contributed by atoms with Crippen LogP contribution in [-0.2, 0) is 9.47 Å². The van der Waals surface area contributed by atoms with Gasteiger partial charge in [0, 0.05) is 12.2 Å². The second-order valence-corrected chi connectivity index (χ2v) is 8.21. The summed E-state index contributed by atoms with van der Waals surface area (Å²) in [6.07, 6.45) is 0.159. The van der Waals surface area contributed by atoms with Crippen molar-refractivity contribution in [1.29, 1.82) is 0 Å². The van der Waals surface area contributed by atoms with Crippen molar-refractivity contribution in [2.75, 3.05) is 5.75 Å². The van der Waals surface area contributed by atoms with E-state index in [1.807, 2.05) is 13.8 Å². The first-order valence-electron chi connectivity index (χ1n) is 8.34. The zero-order valence-electron chi connectivity index (χ0n) is 14.2. The fourth-order valence-corrected chi connectivity index (χ4v) is 4.37. The lowest BCUT2D eigenvalue weighted by Crippen LogP contribution is -2.29. The molecule has 0 aromatic carbocycles. The number of ether oxygens (including phenoxy) is 2. The van der Waals surface area contributed by atoms with E-state index in [1.54, 1.807) is 16.4 Å². The molecule has 1 saturated heterocycles. The van der Waals surface area contributed by atoms with Crippen LogP contribution in [0.3, 0.4) is 0 Å². The lowest BCUT2D eigenvalue weighted by molar-refractivity contribution is -0.165. The molecule has 2 fully saturated rings. The maximum Gasteiger partial charge on any atom is 0.191 e. The highest BCUT2D eigenvalue weighted by molar-refractivity contribution is 7.99. The molecular weight excluding hydrogens is 366 g/mol. The number of aliphatic hydroxyl groups excluding tert-OH is 1. The van der Waals surface area contributed by atoms with E-state index in [4.69, 9.17) is 21.1 Å². The molecule has 136 valence electrons. The fraction of sp³-hybridized carbons (Fsp3) is 0.733. The second-order valence-electron chi connectivity index (χ2n) is 6.79. The maximum atomic E-state index is 10.4. The van der Waals surface area contributed by atoms with E-state index in [9.17, 15) is 5.11 Å². The molecule has 4 unspecified atom stereocenters. The summed E-state index contributed by atoms with van der Waals surface area (Å²) in [6, 6.07) is -0.221. The lowest BCUT2D eigenvalue weighted by atomic mass is 10.2. The van der Waals surface area contributed by atoms with Crippen molar-refractivity contribution in [3.8, 4) is 0 Å². The molecule has 0 bridgehead atoms. The summed E-state index contributed by atoms with van der Waals surface area (Å²) in [5, 5.41) is 19.6. The molecule has 10 heteroatoms. The van der Waals surface area contributed by atoms with E-state index in [-0.39, 0.29) is 23.4 Å². The summed E-state index contributed by atoms with van der Waals surface area (Å²) in [7, 11) is 0. The number of rotatable bonds is 4. The first-order chi connectivity index (χ1) is 11.9. The average molecular weight is 386 g/mol. The minimum absolute atomic E-state index is 0.221. The quantitative estimate of drug-likeness (QED) is 0.486.